The zero-order valence-corrected chi connectivity index (χ0v) is 17.0. The summed E-state index contributed by atoms with van der Waals surface area (Å²) in [7, 11) is 1.69. The third kappa shape index (κ3) is 3.79. The van der Waals surface area contributed by atoms with Gasteiger partial charge >= 0.3 is 0 Å². The minimum atomic E-state index is -0.0324. The van der Waals surface area contributed by atoms with Gasteiger partial charge in [0.05, 0.1) is 17.0 Å². The lowest BCUT2D eigenvalue weighted by Gasteiger charge is -2.37. The number of carbonyl (C=O) groups is 2. The first-order valence-electron chi connectivity index (χ1n) is 9.13. The van der Waals surface area contributed by atoms with Gasteiger partial charge in [-0.15, -0.1) is 22.7 Å². The largest absolute Gasteiger partial charge is 0.379 e. The molecule has 1 saturated heterocycles. The van der Waals surface area contributed by atoms with Gasteiger partial charge in [-0.2, -0.15) is 0 Å². The van der Waals surface area contributed by atoms with Crippen molar-refractivity contribution in [1.82, 2.24) is 15.2 Å². The Balaban J connectivity index is 1.44. The number of thiazole rings is 1. The second-order valence-electron chi connectivity index (χ2n) is 7.30. The molecule has 6 nitrogen and oxygen atoms in total. The highest BCUT2D eigenvalue weighted by atomic mass is 32.1. The number of amides is 2. The number of carbonyl (C=O) groups excluding carboxylic acids is 2. The van der Waals surface area contributed by atoms with Gasteiger partial charge in [0.1, 0.15) is 10.7 Å². The summed E-state index contributed by atoms with van der Waals surface area (Å²) in [5, 5.41) is 7.78. The highest BCUT2D eigenvalue weighted by molar-refractivity contribution is 7.20. The summed E-state index contributed by atoms with van der Waals surface area (Å²) in [6.07, 6.45) is 1.73. The van der Waals surface area contributed by atoms with Crippen molar-refractivity contribution in [3.05, 3.63) is 28.6 Å². The van der Waals surface area contributed by atoms with Crippen LogP contribution in [-0.4, -0.2) is 54.0 Å². The van der Waals surface area contributed by atoms with Gasteiger partial charge in [0.2, 0.25) is 5.91 Å². The van der Waals surface area contributed by atoms with E-state index in [2.05, 4.69) is 10.3 Å². The van der Waals surface area contributed by atoms with Crippen molar-refractivity contribution in [2.24, 2.45) is 11.8 Å². The molecule has 2 aromatic rings. The summed E-state index contributed by atoms with van der Waals surface area (Å²) in [6.45, 7) is 3.00. The molecule has 0 bridgehead atoms. The highest BCUT2D eigenvalue weighted by Crippen LogP contribution is 2.38. The molecular formula is C19H23N3O3S2. The molecule has 8 heteroatoms. The Kier molecular flexibility index (Phi) is 5.29. The molecule has 0 radical (unpaired) electrons. The average molecular weight is 406 g/mol. The van der Waals surface area contributed by atoms with Gasteiger partial charge in [-0.05, 0) is 36.1 Å². The van der Waals surface area contributed by atoms with E-state index in [-0.39, 0.29) is 24.0 Å². The van der Waals surface area contributed by atoms with Crippen LogP contribution in [0.1, 0.15) is 30.3 Å². The molecule has 1 saturated carbocycles. The van der Waals surface area contributed by atoms with E-state index < -0.39 is 0 Å². The van der Waals surface area contributed by atoms with E-state index in [1.54, 1.807) is 18.4 Å². The molecule has 1 N–H and O–H groups in total. The summed E-state index contributed by atoms with van der Waals surface area (Å²) < 4.78 is 5.61. The van der Waals surface area contributed by atoms with Crippen molar-refractivity contribution in [3.63, 3.8) is 0 Å². The summed E-state index contributed by atoms with van der Waals surface area (Å²) in [4.78, 5) is 32.0. The van der Waals surface area contributed by atoms with Crippen molar-refractivity contribution in [2.75, 3.05) is 20.2 Å². The molecule has 27 heavy (non-hydrogen) atoms. The van der Waals surface area contributed by atoms with Gasteiger partial charge in [-0.1, -0.05) is 6.07 Å². The van der Waals surface area contributed by atoms with Gasteiger partial charge in [0.15, 0.2) is 0 Å². The number of ether oxygens (including phenoxy) is 1. The van der Waals surface area contributed by atoms with E-state index >= 15 is 0 Å². The normalized spacial score (nSPS) is 27.4. The van der Waals surface area contributed by atoms with Crippen LogP contribution in [-0.2, 0) is 9.53 Å². The molecule has 1 aliphatic carbocycles. The summed E-state index contributed by atoms with van der Waals surface area (Å²) in [5.74, 6) is 0.787. The summed E-state index contributed by atoms with van der Waals surface area (Å²) in [6, 6.07) is 4.04. The van der Waals surface area contributed by atoms with Crippen LogP contribution in [0.5, 0.6) is 0 Å². The summed E-state index contributed by atoms with van der Waals surface area (Å²) >= 11 is 3.15. The molecule has 0 spiro atoms. The van der Waals surface area contributed by atoms with Crippen LogP contribution in [0.15, 0.2) is 22.9 Å². The zero-order chi connectivity index (χ0) is 19.0. The minimum Gasteiger partial charge on any atom is -0.379 e. The fourth-order valence-corrected chi connectivity index (χ4v) is 5.91. The second kappa shape index (κ2) is 7.69. The van der Waals surface area contributed by atoms with E-state index in [1.807, 2.05) is 27.8 Å². The van der Waals surface area contributed by atoms with E-state index in [4.69, 9.17) is 4.74 Å². The average Bonchev–Trinajstić information content (AvgIpc) is 3.38. The smallest absolute Gasteiger partial charge is 0.273 e. The number of fused-ring (bicyclic) bond motifs is 1. The van der Waals surface area contributed by atoms with E-state index in [1.165, 1.54) is 18.3 Å². The molecule has 4 atom stereocenters. The van der Waals surface area contributed by atoms with Gasteiger partial charge < -0.3 is 15.0 Å². The molecule has 2 amide bonds. The highest BCUT2D eigenvalue weighted by Gasteiger charge is 2.44. The molecule has 144 valence electrons. The van der Waals surface area contributed by atoms with Crippen LogP contribution < -0.4 is 5.32 Å². The number of likely N-dealkylation sites (tertiary alicyclic amines) is 1. The maximum absolute atomic E-state index is 13.0. The maximum Gasteiger partial charge on any atom is 0.273 e. The Hall–Kier alpha value is -1.77. The number of hydrogen-bond acceptors (Lipinski definition) is 6. The van der Waals surface area contributed by atoms with E-state index in [9.17, 15) is 9.59 Å². The van der Waals surface area contributed by atoms with Crippen LogP contribution in [0.4, 0.5) is 0 Å². The lowest BCUT2D eigenvalue weighted by molar-refractivity contribution is -0.121. The van der Waals surface area contributed by atoms with Gasteiger partial charge in [-0.3, -0.25) is 9.59 Å². The van der Waals surface area contributed by atoms with Crippen molar-refractivity contribution in [3.8, 4) is 9.88 Å². The molecule has 3 heterocycles. The third-order valence-corrected chi connectivity index (χ3v) is 7.43. The lowest BCUT2D eigenvalue weighted by atomic mass is 9.77. The van der Waals surface area contributed by atoms with Gasteiger partial charge in [0, 0.05) is 32.5 Å². The van der Waals surface area contributed by atoms with Gasteiger partial charge in [-0.25, -0.2) is 4.98 Å². The molecule has 4 rings (SSSR count). The molecular weight excluding hydrogens is 382 g/mol. The van der Waals surface area contributed by atoms with Gasteiger partial charge in [0.25, 0.3) is 5.91 Å². The topological polar surface area (TPSA) is 71.5 Å². The number of aromatic nitrogens is 1. The predicted octanol–water partition coefficient (Wildman–Crippen LogP) is 2.87. The van der Waals surface area contributed by atoms with Crippen molar-refractivity contribution in [2.45, 2.75) is 31.9 Å². The number of nitrogens with zero attached hydrogens (tertiary/aromatic N) is 2. The SMILES string of the molecule is CO[C@@H]1C[C@H]2CN(C(=O)c3csc(-c4cccs4)n3)C[C@H]2C[C@H]1NC(C)=O. The number of nitrogens with one attached hydrogen (secondary N) is 1. The van der Waals surface area contributed by atoms with Crippen LogP contribution in [0, 0.1) is 11.8 Å². The fourth-order valence-electron chi connectivity index (χ4n) is 4.30. The Labute approximate surface area is 166 Å². The summed E-state index contributed by atoms with van der Waals surface area (Å²) in [5.41, 5.74) is 0.531. The standard InChI is InChI=1S/C19H23N3O3S2/c1-11(23)20-14-6-12-8-22(9-13(12)7-16(14)25-2)19(24)15-10-27-18(21-15)17-4-3-5-26-17/h3-5,10,12-14,16H,6-9H2,1-2H3,(H,20,23)/t12-,13+,14-,16-/m1/s1. The first-order valence-corrected chi connectivity index (χ1v) is 10.9. The molecule has 0 unspecified atom stereocenters. The van der Waals surface area contributed by atoms with Crippen molar-refractivity contribution >= 4 is 34.5 Å². The maximum atomic E-state index is 13.0. The zero-order valence-electron chi connectivity index (χ0n) is 15.4. The van der Waals surface area contributed by atoms with Crippen LogP contribution >= 0.6 is 22.7 Å². The first-order chi connectivity index (χ1) is 13.0. The molecule has 2 fully saturated rings. The quantitative estimate of drug-likeness (QED) is 0.849. The molecule has 0 aromatic carbocycles. The predicted molar refractivity (Wildman–Crippen MR) is 106 cm³/mol. The fraction of sp³-hybridized carbons (Fsp3) is 0.526. The number of hydrogen-bond donors (Lipinski definition) is 1. The van der Waals surface area contributed by atoms with Crippen LogP contribution in [0.3, 0.4) is 0 Å². The Morgan fingerprint density at radius 3 is 2.70 bits per heavy atom. The number of methoxy groups -OCH3 is 1. The third-order valence-electron chi connectivity index (χ3n) is 5.55. The Morgan fingerprint density at radius 2 is 2.04 bits per heavy atom. The second-order valence-corrected chi connectivity index (χ2v) is 9.10. The lowest BCUT2D eigenvalue weighted by Crippen LogP contribution is -2.49. The van der Waals surface area contributed by atoms with Crippen LogP contribution in [0.25, 0.3) is 9.88 Å². The minimum absolute atomic E-state index is 0.00787. The molecule has 2 aromatic heterocycles. The first kappa shape index (κ1) is 18.6. The Morgan fingerprint density at radius 1 is 1.26 bits per heavy atom. The molecule has 1 aliphatic heterocycles. The van der Waals surface area contributed by atoms with Crippen molar-refractivity contribution in [1.29, 1.82) is 0 Å². The number of rotatable bonds is 4. The number of thiophene rings is 1. The van der Waals surface area contributed by atoms with Crippen molar-refractivity contribution < 1.29 is 14.3 Å². The monoisotopic (exact) mass is 405 g/mol. The molecule has 2 aliphatic rings. The van der Waals surface area contributed by atoms with E-state index in [0.29, 0.717) is 17.5 Å². The van der Waals surface area contributed by atoms with Crippen LogP contribution in [0.2, 0.25) is 0 Å². The van der Waals surface area contributed by atoms with E-state index in [0.717, 1.165) is 35.8 Å². The Bertz CT molecular complexity index is 820.